The van der Waals surface area contributed by atoms with Crippen LogP contribution in [-0.2, 0) is 23.1 Å². The third-order valence-corrected chi connectivity index (χ3v) is 4.08. The largest absolute Gasteiger partial charge is 0.299 e. The smallest absolute Gasteiger partial charge is 0.138 e. The second-order valence-corrected chi connectivity index (χ2v) is 5.77. The third kappa shape index (κ3) is 2.33. The Bertz CT molecular complexity index is 600. The number of benzene rings is 2. The first-order chi connectivity index (χ1) is 9.17. The molecular formula is C18H18O. The van der Waals surface area contributed by atoms with Crippen LogP contribution >= 0.6 is 0 Å². The van der Waals surface area contributed by atoms with E-state index in [2.05, 4.69) is 49.4 Å². The van der Waals surface area contributed by atoms with Gasteiger partial charge in [0.2, 0.25) is 0 Å². The fourth-order valence-corrected chi connectivity index (χ4v) is 3.27. The van der Waals surface area contributed by atoms with Crippen molar-refractivity contribution in [2.75, 3.05) is 0 Å². The van der Waals surface area contributed by atoms with Gasteiger partial charge in [0.05, 0.1) is 0 Å². The van der Waals surface area contributed by atoms with E-state index in [1.54, 1.807) is 0 Å². The lowest BCUT2D eigenvalue weighted by Gasteiger charge is -2.35. The Labute approximate surface area is 114 Å². The molecule has 1 atom stereocenters. The van der Waals surface area contributed by atoms with E-state index in [0.29, 0.717) is 18.6 Å². The molecule has 19 heavy (non-hydrogen) atoms. The topological polar surface area (TPSA) is 17.1 Å². The molecule has 1 aliphatic rings. The van der Waals surface area contributed by atoms with Gasteiger partial charge in [-0.1, -0.05) is 61.5 Å². The number of ketones is 1. The minimum atomic E-state index is -0.0622. The summed E-state index contributed by atoms with van der Waals surface area (Å²) in [5.74, 6) is 0.358. The number of carbonyl (C=O) groups excluding carboxylic acids is 1. The summed E-state index contributed by atoms with van der Waals surface area (Å²) in [6.45, 7) is 2.22. The molecule has 1 unspecified atom stereocenters. The summed E-state index contributed by atoms with van der Waals surface area (Å²) in [5, 5.41) is 0. The summed E-state index contributed by atoms with van der Waals surface area (Å²) in [7, 11) is 0. The van der Waals surface area contributed by atoms with Crippen molar-refractivity contribution in [2.24, 2.45) is 0 Å². The zero-order valence-electron chi connectivity index (χ0n) is 11.2. The Kier molecular flexibility index (Phi) is 2.98. The van der Waals surface area contributed by atoms with Gasteiger partial charge < -0.3 is 0 Å². The predicted octanol–water partition coefficient (Wildman–Crippen LogP) is 3.70. The number of fused-ring (bicyclic) bond motifs is 1. The molecule has 0 heterocycles. The van der Waals surface area contributed by atoms with Gasteiger partial charge in [-0.15, -0.1) is 0 Å². The molecule has 1 aliphatic carbocycles. The van der Waals surface area contributed by atoms with Crippen LogP contribution in [-0.4, -0.2) is 5.78 Å². The summed E-state index contributed by atoms with van der Waals surface area (Å²) < 4.78 is 0. The minimum Gasteiger partial charge on any atom is -0.299 e. The van der Waals surface area contributed by atoms with E-state index in [1.807, 2.05) is 12.1 Å². The molecule has 0 aromatic heterocycles. The molecule has 0 aliphatic heterocycles. The Morgan fingerprint density at radius 3 is 2.47 bits per heavy atom. The predicted molar refractivity (Wildman–Crippen MR) is 77.3 cm³/mol. The van der Waals surface area contributed by atoms with E-state index in [-0.39, 0.29) is 5.41 Å². The maximum absolute atomic E-state index is 12.0. The summed E-state index contributed by atoms with van der Waals surface area (Å²) >= 11 is 0. The summed E-state index contributed by atoms with van der Waals surface area (Å²) in [4.78, 5) is 12.0. The van der Waals surface area contributed by atoms with Crippen LogP contribution in [0.1, 0.15) is 30.0 Å². The van der Waals surface area contributed by atoms with Crippen LogP contribution < -0.4 is 0 Å². The van der Waals surface area contributed by atoms with Crippen molar-refractivity contribution in [1.29, 1.82) is 0 Å². The molecule has 3 rings (SSSR count). The molecular weight excluding hydrogens is 232 g/mol. The van der Waals surface area contributed by atoms with Gasteiger partial charge in [0.25, 0.3) is 0 Å². The van der Waals surface area contributed by atoms with Gasteiger partial charge in [0, 0.05) is 18.3 Å². The quantitative estimate of drug-likeness (QED) is 0.794. The molecule has 0 spiro atoms. The Balaban J connectivity index is 2.01. The van der Waals surface area contributed by atoms with E-state index >= 15 is 0 Å². The fourth-order valence-electron chi connectivity index (χ4n) is 3.27. The zero-order chi connectivity index (χ0) is 13.3. The third-order valence-electron chi connectivity index (χ3n) is 4.08. The van der Waals surface area contributed by atoms with E-state index in [1.165, 1.54) is 16.7 Å². The second-order valence-electron chi connectivity index (χ2n) is 5.77. The van der Waals surface area contributed by atoms with Gasteiger partial charge in [-0.3, -0.25) is 4.79 Å². The van der Waals surface area contributed by atoms with E-state index in [9.17, 15) is 4.79 Å². The van der Waals surface area contributed by atoms with Crippen molar-refractivity contribution in [2.45, 2.75) is 31.6 Å². The molecule has 0 N–H and O–H groups in total. The number of carbonyl (C=O) groups is 1. The van der Waals surface area contributed by atoms with Crippen LogP contribution in [0.2, 0.25) is 0 Å². The summed E-state index contributed by atoms with van der Waals surface area (Å²) in [6, 6.07) is 18.8. The monoisotopic (exact) mass is 250 g/mol. The molecule has 2 aromatic rings. The van der Waals surface area contributed by atoms with Crippen molar-refractivity contribution in [1.82, 2.24) is 0 Å². The lowest BCUT2D eigenvalue weighted by Crippen LogP contribution is -2.34. The van der Waals surface area contributed by atoms with Crippen LogP contribution in [0.5, 0.6) is 0 Å². The molecule has 0 bridgehead atoms. The number of rotatable bonds is 2. The highest BCUT2D eigenvalue weighted by Gasteiger charge is 2.35. The van der Waals surface area contributed by atoms with Crippen molar-refractivity contribution in [3.8, 4) is 0 Å². The molecule has 1 nitrogen and oxygen atoms in total. The maximum Gasteiger partial charge on any atom is 0.138 e. The van der Waals surface area contributed by atoms with Gasteiger partial charge in [-0.2, -0.15) is 0 Å². The molecule has 2 aromatic carbocycles. The lowest BCUT2D eigenvalue weighted by atomic mass is 9.68. The van der Waals surface area contributed by atoms with Gasteiger partial charge in [0.15, 0.2) is 0 Å². The van der Waals surface area contributed by atoms with Crippen LogP contribution in [0.25, 0.3) is 0 Å². The molecule has 0 fully saturated rings. The second kappa shape index (κ2) is 4.65. The summed E-state index contributed by atoms with van der Waals surface area (Å²) in [5.41, 5.74) is 3.79. The van der Waals surface area contributed by atoms with Crippen molar-refractivity contribution < 1.29 is 4.79 Å². The first-order valence-electron chi connectivity index (χ1n) is 6.81. The normalized spacial score (nSPS) is 22.1. The molecule has 0 amide bonds. The van der Waals surface area contributed by atoms with Gasteiger partial charge >= 0.3 is 0 Å². The van der Waals surface area contributed by atoms with Gasteiger partial charge in [0.1, 0.15) is 5.78 Å². The van der Waals surface area contributed by atoms with Crippen LogP contribution in [0.3, 0.4) is 0 Å². The fraction of sp³-hybridized carbons (Fsp3) is 0.278. The molecule has 0 saturated heterocycles. The lowest BCUT2D eigenvalue weighted by molar-refractivity contribution is -0.120. The average molecular weight is 250 g/mol. The maximum atomic E-state index is 12.0. The van der Waals surface area contributed by atoms with Crippen molar-refractivity contribution in [3.63, 3.8) is 0 Å². The van der Waals surface area contributed by atoms with Crippen LogP contribution in [0.15, 0.2) is 54.6 Å². The van der Waals surface area contributed by atoms with Crippen molar-refractivity contribution >= 4 is 5.78 Å². The first kappa shape index (κ1) is 12.2. The van der Waals surface area contributed by atoms with Crippen LogP contribution in [0, 0.1) is 0 Å². The number of hydrogen-bond acceptors (Lipinski definition) is 1. The van der Waals surface area contributed by atoms with Gasteiger partial charge in [-0.25, -0.2) is 0 Å². The molecule has 0 saturated carbocycles. The zero-order valence-corrected chi connectivity index (χ0v) is 11.2. The number of hydrogen-bond donors (Lipinski definition) is 0. The minimum absolute atomic E-state index is 0.0622. The SMILES string of the molecule is CC1(Cc2ccccc2)CC(=O)Cc2ccccc21. The van der Waals surface area contributed by atoms with E-state index in [0.717, 1.165) is 6.42 Å². The Hall–Kier alpha value is -1.89. The van der Waals surface area contributed by atoms with Gasteiger partial charge in [-0.05, 0) is 23.1 Å². The van der Waals surface area contributed by atoms with E-state index < -0.39 is 0 Å². The molecule has 1 heteroatoms. The van der Waals surface area contributed by atoms with Crippen molar-refractivity contribution in [3.05, 3.63) is 71.3 Å². The highest BCUT2D eigenvalue weighted by molar-refractivity contribution is 5.85. The summed E-state index contributed by atoms with van der Waals surface area (Å²) in [6.07, 6.45) is 2.18. The van der Waals surface area contributed by atoms with Crippen LogP contribution in [0.4, 0.5) is 0 Å². The average Bonchev–Trinajstić information content (AvgIpc) is 2.39. The first-order valence-corrected chi connectivity index (χ1v) is 6.81. The van der Waals surface area contributed by atoms with E-state index in [4.69, 9.17) is 0 Å². The Morgan fingerprint density at radius 1 is 1.00 bits per heavy atom. The molecule has 96 valence electrons. The Morgan fingerprint density at radius 2 is 1.68 bits per heavy atom. The standard InChI is InChI=1S/C18H18O/c1-18(12-14-7-3-2-4-8-14)13-16(19)11-15-9-5-6-10-17(15)18/h2-10H,11-13H2,1H3. The molecule has 0 radical (unpaired) electrons. The highest BCUT2D eigenvalue weighted by Crippen LogP contribution is 2.38. The number of Topliss-reactive ketones (excluding diaryl/α,β-unsaturated/α-hetero) is 1. The highest BCUT2D eigenvalue weighted by atomic mass is 16.1.